The number of allylic oxidation sites excluding steroid dienone is 16. The zero-order chi connectivity index (χ0) is 50.2. The average Bonchev–Trinajstić information content (AvgIpc) is 3.34. The number of phosphoric acid groups is 1. The van der Waals surface area contributed by atoms with E-state index < -0.39 is 32.5 Å². The van der Waals surface area contributed by atoms with Crippen LogP contribution in [0, 0.1) is 0 Å². The highest BCUT2D eigenvalue weighted by Crippen LogP contribution is 2.43. The fourth-order valence-corrected chi connectivity index (χ4v) is 8.21. The van der Waals surface area contributed by atoms with Gasteiger partial charge in [-0.1, -0.05) is 227 Å². The Bertz CT molecular complexity index is 1450. The molecule has 0 bridgehead atoms. The molecule has 0 aliphatic rings. The van der Waals surface area contributed by atoms with Gasteiger partial charge in [0.15, 0.2) is 6.10 Å². The van der Waals surface area contributed by atoms with Gasteiger partial charge in [-0.05, 0) is 89.9 Å². The van der Waals surface area contributed by atoms with Gasteiger partial charge in [0, 0.05) is 19.4 Å². The second kappa shape index (κ2) is 54.3. The second-order valence-electron chi connectivity index (χ2n) is 18.0. The Morgan fingerprint density at radius 1 is 0.435 bits per heavy atom. The van der Waals surface area contributed by atoms with Gasteiger partial charge >= 0.3 is 19.8 Å². The molecular weight excluding hydrogens is 882 g/mol. The normalized spacial score (nSPS) is 13.9. The Morgan fingerprint density at radius 2 is 0.754 bits per heavy atom. The first-order chi connectivity index (χ1) is 33.8. The maximum atomic E-state index is 12.7. The quantitative estimate of drug-likeness (QED) is 0.0264. The van der Waals surface area contributed by atoms with Crippen LogP contribution in [0.2, 0.25) is 0 Å². The number of hydrogen-bond donors (Lipinski definition) is 2. The highest BCUT2D eigenvalue weighted by atomic mass is 31.2. The summed E-state index contributed by atoms with van der Waals surface area (Å²) in [5.74, 6) is -0.839. The molecule has 0 rings (SSSR count). The van der Waals surface area contributed by atoms with Gasteiger partial charge in [-0.15, -0.1) is 0 Å². The lowest BCUT2D eigenvalue weighted by atomic mass is 10.0. The van der Waals surface area contributed by atoms with Crippen molar-refractivity contribution < 1.29 is 37.6 Å². The number of unbranched alkanes of at least 4 members (excludes halogenated alkanes) is 22. The molecule has 3 N–H and O–H groups in total. The molecule has 0 aliphatic heterocycles. The number of phosphoric ester groups is 1. The summed E-state index contributed by atoms with van der Waals surface area (Å²) in [7, 11) is -4.39. The number of ether oxygens (including phenoxy) is 2. The summed E-state index contributed by atoms with van der Waals surface area (Å²) in [5.41, 5.74) is 5.38. The predicted molar refractivity (Wildman–Crippen MR) is 293 cm³/mol. The van der Waals surface area contributed by atoms with Crippen molar-refractivity contribution in [2.45, 2.75) is 238 Å². The largest absolute Gasteiger partial charge is 0.472 e. The molecule has 0 saturated carbocycles. The van der Waals surface area contributed by atoms with Gasteiger partial charge < -0.3 is 20.1 Å². The van der Waals surface area contributed by atoms with Crippen LogP contribution >= 0.6 is 7.82 Å². The van der Waals surface area contributed by atoms with Gasteiger partial charge in [0.25, 0.3) is 0 Å². The molecule has 0 aliphatic carbocycles. The van der Waals surface area contributed by atoms with E-state index in [4.69, 9.17) is 24.3 Å². The van der Waals surface area contributed by atoms with Crippen molar-refractivity contribution in [1.29, 1.82) is 0 Å². The van der Waals surface area contributed by atoms with Gasteiger partial charge in [-0.2, -0.15) is 0 Å². The predicted octanol–water partition coefficient (Wildman–Crippen LogP) is 17.3. The Labute approximate surface area is 423 Å². The lowest BCUT2D eigenvalue weighted by Gasteiger charge is -2.19. The van der Waals surface area contributed by atoms with Crippen molar-refractivity contribution in [3.63, 3.8) is 0 Å². The summed E-state index contributed by atoms with van der Waals surface area (Å²) in [6, 6.07) is 0. The van der Waals surface area contributed by atoms with Crippen LogP contribution in [0.15, 0.2) is 97.2 Å². The van der Waals surface area contributed by atoms with Gasteiger partial charge in [-0.3, -0.25) is 18.6 Å². The maximum absolute atomic E-state index is 12.7. The van der Waals surface area contributed by atoms with Crippen LogP contribution in [0.1, 0.15) is 232 Å². The minimum Gasteiger partial charge on any atom is -0.462 e. The lowest BCUT2D eigenvalue weighted by molar-refractivity contribution is -0.161. The first kappa shape index (κ1) is 65.9. The van der Waals surface area contributed by atoms with E-state index in [2.05, 4.69) is 111 Å². The van der Waals surface area contributed by atoms with Crippen LogP contribution in [0.25, 0.3) is 0 Å². The van der Waals surface area contributed by atoms with Crippen LogP contribution in [0.3, 0.4) is 0 Å². The summed E-state index contributed by atoms with van der Waals surface area (Å²) >= 11 is 0. The number of carbonyl (C=O) groups is 2. The molecule has 396 valence electrons. The SMILES string of the molecule is CC/C=C\C/C=C\C/C=C\C/C=C\CCCCCCCCCCCCCCCCC(=O)OC(COC(=O)CCCCCCCCCC/C=C\C/C=C\C/C=C\C/C=C\CC)COP(=O)(O)OCCN. The van der Waals surface area contributed by atoms with E-state index in [1.807, 2.05) is 0 Å². The summed E-state index contributed by atoms with van der Waals surface area (Å²) in [5, 5.41) is 0. The topological polar surface area (TPSA) is 134 Å². The van der Waals surface area contributed by atoms with Crippen LogP contribution < -0.4 is 5.73 Å². The molecule has 0 fully saturated rings. The van der Waals surface area contributed by atoms with E-state index >= 15 is 0 Å². The Morgan fingerprint density at radius 3 is 1.12 bits per heavy atom. The lowest BCUT2D eigenvalue weighted by Crippen LogP contribution is -2.29. The number of carbonyl (C=O) groups excluding carboxylic acids is 2. The molecule has 9 nitrogen and oxygen atoms in total. The minimum atomic E-state index is -4.39. The second-order valence-corrected chi connectivity index (χ2v) is 19.5. The average molecular weight is 984 g/mol. The molecule has 0 aromatic heterocycles. The molecule has 0 spiro atoms. The molecule has 0 radical (unpaired) electrons. The smallest absolute Gasteiger partial charge is 0.462 e. The third-order valence-corrected chi connectivity index (χ3v) is 12.4. The molecule has 0 aromatic rings. The van der Waals surface area contributed by atoms with Crippen molar-refractivity contribution in [3.8, 4) is 0 Å². The van der Waals surface area contributed by atoms with E-state index in [-0.39, 0.29) is 32.6 Å². The van der Waals surface area contributed by atoms with Crippen LogP contribution in [-0.2, 0) is 32.7 Å². The molecule has 0 aromatic carbocycles. The zero-order valence-electron chi connectivity index (χ0n) is 44.0. The molecule has 0 heterocycles. The Hall–Kier alpha value is -3.07. The summed E-state index contributed by atoms with van der Waals surface area (Å²) in [6.07, 6.45) is 71.6. The van der Waals surface area contributed by atoms with E-state index in [0.717, 1.165) is 103 Å². The Kier molecular flexibility index (Phi) is 51.9. The number of esters is 2. The first-order valence-corrected chi connectivity index (χ1v) is 29.2. The van der Waals surface area contributed by atoms with Gasteiger partial charge in [0.1, 0.15) is 6.61 Å². The van der Waals surface area contributed by atoms with Crippen LogP contribution in [0.5, 0.6) is 0 Å². The summed E-state index contributed by atoms with van der Waals surface area (Å²) < 4.78 is 33.0. The first-order valence-electron chi connectivity index (χ1n) is 27.7. The maximum Gasteiger partial charge on any atom is 0.472 e. The molecule has 2 atom stereocenters. The van der Waals surface area contributed by atoms with Crippen molar-refractivity contribution in [2.75, 3.05) is 26.4 Å². The zero-order valence-corrected chi connectivity index (χ0v) is 44.9. The molecule has 0 saturated heterocycles. The van der Waals surface area contributed by atoms with Gasteiger partial charge in [-0.25, -0.2) is 4.57 Å². The van der Waals surface area contributed by atoms with E-state index in [1.54, 1.807) is 0 Å². The van der Waals surface area contributed by atoms with Crippen molar-refractivity contribution in [2.24, 2.45) is 5.73 Å². The number of nitrogens with two attached hydrogens (primary N) is 1. The highest BCUT2D eigenvalue weighted by Gasteiger charge is 2.26. The third-order valence-electron chi connectivity index (χ3n) is 11.5. The van der Waals surface area contributed by atoms with Crippen LogP contribution in [0.4, 0.5) is 0 Å². The molecule has 2 unspecified atom stereocenters. The third kappa shape index (κ3) is 54.1. The van der Waals surface area contributed by atoms with E-state index in [1.165, 1.54) is 96.3 Å². The molecule has 10 heteroatoms. The van der Waals surface area contributed by atoms with Gasteiger partial charge in [0.2, 0.25) is 0 Å². The summed E-state index contributed by atoms with van der Waals surface area (Å²) in [4.78, 5) is 35.2. The molecule has 69 heavy (non-hydrogen) atoms. The number of hydrogen-bond acceptors (Lipinski definition) is 8. The fraction of sp³-hybridized carbons (Fsp3) is 0.695. The minimum absolute atomic E-state index is 0.0481. The molecule has 0 amide bonds. The fourth-order valence-electron chi connectivity index (χ4n) is 7.44. The van der Waals surface area contributed by atoms with E-state index in [9.17, 15) is 19.0 Å². The monoisotopic (exact) mass is 984 g/mol. The standard InChI is InChI=1S/C59H102NO8P/c1-3-5-7-9-11-13-15-17-19-21-23-25-26-27-28-29-30-32-34-36-38-40-42-44-46-48-50-52-59(62)68-57(56-67-69(63,64)66-54-53-60)55-65-58(61)51-49-47-45-43-41-39-37-35-33-31-24-22-20-18-16-14-12-10-8-6-4-2/h5-8,11-14,17-20,23-25,31,57H,3-4,9-10,15-16,21-22,26-30,32-56,60H2,1-2H3,(H,63,64)/b7-5-,8-6-,13-11-,14-12-,19-17-,20-18-,25-23-,31-24-. The summed E-state index contributed by atoms with van der Waals surface area (Å²) in [6.45, 7) is 3.51. The van der Waals surface area contributed by atoms with E-state index in [0.29, 0.717) is 6.42 Å². The molecular formula is C59H102NO8P. The Balaban J connectivity index is 4.01. The van der Waals surface area contributed by atoms with Crippen LogP contribution in [-0.4, -0.2) is 49.3 Å². The highest BCUT2D eigenvalue weighted by molar-refractivity contribution is 7.47. The van der Waals surface area contributed by atoms with Crippen molar-refractivity contribution in [1.82, 2.24) is 0 Å². The number of rotatable bonds is 51. The van der Waals surface area contributed by atoms with Crippen molar-refractivity contribution in [3.05, 3.63) is 97.2 Å². The van der Waals surface area contributed by atoms with Crippen molar-refractivity contribution >= 4 is 19.8 Å². The van der Waals surface area contributed by atoms with Gasteiger partial charge in [0.05, 0.1) is 13.2 Å².